The van der Waals surface area contributed by atoms with Crippen LogP contribution in [0.5, 0.6) is 0 Å². The van der Waals surface area contributed by atoms with Crippen LogP contribution in [0.15, 0.2) is 173 Å². The van der Waals surface area contributed by atoms with Crippen molar-refractivity contribution in [3.63, 3.8) is 0 Å². The lowest BCUT2D eigenvalue weighted by molar-refractivity contribution is 0.577. The smallest absolute Gasteiger partial charge is 0.140 e. The summed E-state index contributed by atoms with van der Waals surface area (Å²) in [5.74, 6) is 0. The Morgan fingerprint density at radius 1 is 0.362 bits per heavy atom. The third-order valence-electron chi connectivity index (χ3n) is 12.5. The minimum absolute atomic E-state index is 0.221. The fraction of sp³-hybridized carbons (Fsp3) is 0.0741. The number of para-hydroxylation sites is 4. The van der Waals surface area contributed by atoms with Crippen molar-refractivity contribution in [1.82, 2.24) is 9.13 Å². The lowest BCUT2D eigenvalue weighted by atomic mass is 9.82. The van der Waals surface area contributed by atoms with Gasteiger partial charge in [-0.3, -0.25) is 0 Å². The van der Waals surface area contributed by atoms with E-state index in [1.165, 1.54) is 59.9 Å². The van der Waals surface area contributed by atoms with Crippen LogP contribution in [0.3, 0.4) is 0 Å². The molecule has 0 atom stereocenters. The van der Waals surface area contributed by atoms with Crippen molar-refractivity contribution in [2.45, 2.75) is 26.2 Å². The zero-order chi connectivity index (χ0) is 38.4. The highest BCUT2D eigenvalue weighted by atomic mass is 16.3. The average Bonchev–Trinajstić information content (AvgIpc) is 3.97. The Labute approximate surface area is 332 Å². The quantitative estimate of drug-likeness (QED) is 0.177. The van der Waals surface area contributed by atoms with Gasteiger partial charge >= 0.3 is 0 Å². The summed E-state index contributed by atoms with van der Waals surface area (Å²) in [6.45, 7) is 6.84. The van der Waals surface area contributed by atoms with Crippen molar-refractivity contribution in [1.29, 1.82) is 0 Å². The van der Waals surface area contributed by atoms with Crippen molar-refractivity contribution in [2.24, 2.45) is 0 Å². The Morgan fingerprint density at radius 3 is 1.29 bits per heavy atom. The fourth-order valence-corrected chi connectivity index (χ4v) is 10.0. The maximum atomic E-state index is 6.98. The minimum Gasteiger partial charge on any atom is -0.456 e. The van der Waals surface area contributed by atoms with E-state index < -0.39 is 0 Å². The first-order valence-electron chi connectivity index (χ1n) is 20.1. The summed E-state index contributed by atoms with van der Waals surface area (Å²) in [6, 6.07) is 59.5. The number of fused-ring (bicyclic) bond motifs is 14. The molecule has 0 spiro atoms. The van der Waals surface area contributed by atoms with Crippen molar-refractivity contribution >= 4 is 109 Å². The normalized spacial score (nSPS) is 12.7. The molecular weight excluding hydrogens is 709 g/mol. The van der Waals surface area contributed by atoms with Gasteiger partial charge in [0.1, 0.15) is 22.3 Å². The first-order chi connectivity index (χ1) is 28.4. The van der Waals surface area contributed by atoms with Gasteiger partial charge in [0.25, 0.3) is 0 Å². The summed E-state index contributed by atoms with van der Waals surface area (Å²) in [4.78, 5) is 0. The maximum absolute atomic E-state index is 6.98. The van der Waals surface area contributed by atoms with Crippen LogP contribution in [-0.2, 0) is 5.41 Å². The highest BCUT2D eigenvalue weighted by molar-refractivity contribution is 6.21. The number of aromatic nitrogens is 2. The van der Waals surface area contributed by atoms with E-state index in [1.54, 1.807) is 0 Å². The van der Waals surface area contributed by atoms with E-state index in [0.29, 0.717) is 0 Å². The van der Waals surface area contributed by atoms with E-state index in [4.69, 9.17) is 8.83 Å². The van der Waals surface area contributed by atoms with Crippen LogP contribution in [0.4, 0.5) is 0 Å². The molecule has 0 aliphatic heterocycles. The second-order valence-electron chi connectivity index (χ2n) is 17.0. The number of nitrogens with zero attached hydrogens (tertiary/aromatic N) is 2. The second kappa shape index (κ2) is 11.2. The van der Waals surface area contributed by atoms with E-state index >= 15 is 0 Å². The summed E-state index contributed by atoms with van der Waals surface area (Å²) in [6.07, 6.45) is 0. The monoisotopic (exact) mass is 744 g/mol. The minimum atomic E-state index is -0.221. The van der Waals surface area contributed by atoms with E-state index in [9.17, 15) is 0 Å². The molecule has 0 fully saturated rings. The Balaban J connectivity index is 1.01. The molecule has 0 unspecified atom stereocenters. The molecule has 13 rings (SSSR count). The zero-order valence-corrected chi connectivity index (χ0v) is 32.3. The number of furan rings is 2. The SMILES string of the molecule is CC(C)(C)c1c2oc3cc4cc(-n5c6ccccc6c6ccccc65)ccc4cc3c2cc2oc3cc4cc(-n5c6ccccc6c6ccccc65)ccc4cc3c12. The van der Waals surface area contributed by atoms with Crippen molar-refractivity contribution in [3.05, 3.63) is 169 Å². The molecule has 58 heavy (non-hydrogen) atoms. The summed E-state index contributed by atoms with van der Waals surface area (Å²) in [7, 11) is 0. The Bertz CT molecular complexity index is 3660. The van der Waals surface area contributed by atoms with Gasteiger partial charge in [0.05, 0.1) is 22.1 Å². The first kappa shape index (κ1) is 31.9. The van der Waals surface area contributed by atoms with Gasteiger partial charge in [0.15, 0.2) is 0 Å². The molecule has 13 aromatic rings. The molecule has 0 saturated heterocycles. The molecule has 4 nitrogen and oxygen atoms in total. The number of rotatable bonds is 2. The molecule has 0 aliphatic rings. The summed E-state index contributed by atoms with van der Waals surface area (Å²) >= 11 is 0. The Kier molecular flexibility index (Phi) is 6.14. The number of hydrogen-bond acceptors (Lipinski definition) is 2. The molecule has 9 aromatic carbocycles. The van der Waals surface area contributed by atoms with Crippen LogP contribution < -0.4 is 0 Å². The lowest BCUT2D eigenvalue weighted by Crippen LogP contribution is -2.12. The molecule has 0 saturated carbocycles. The highest BCUT2D eigenvalue weighted by Crippen LogP contribution is 2.46. The predicted octanol–water partition coefficient (Wildman–Crippen LogP) is 15.3. The van der Waals surface area contributed by atoms with Gasteiger partial charge in [0, 0.05) is 60.0 Å². The van der Waals surface area contributed by atoms with Gasteiger partial charge in [0.2, 0.25) is 0 Å². The molecule has 4 heterocycles. The predicted molar refractivity (Wildman–Crippen MR) is 243 cm³/mol. The number of benzene rings is 9. The van der Waals surface area contributed by atoms with Gasteiger partial charge in [-0.05, 0) is 106 Å². The number of hydrogen-bond donors (Lipinski definition) is 0. The molecule has 4 aromatic heterocycles. The van der Waals surface area contributed by atoms with Crippen LogP contribution >= 0.6 is 0 Å². The Hall–Kier alpha value is -7.30. The second-order valence-corrected chi connectivity index (χ2v) is 17.0. The highest BCUT2D eigenvalue weighted by Gasteiger charge is 2.28. The topological polar surface area (TPSA) is 36.1 Å². The summed E-state index contributed by atoms with van der Waals surface area (Å²) in [5, 5.41) is 14.1. The van der Waals surface area contributed by atoms with Crippen LogP contribution in [0.25, 0.3) is 120 Å². The largest absolute Gasteiger partial charge is 0.456 e. The molecule has 0 amide bonds. The molecule has 0 aliphatic carbocycles. The van der Waals surface area contributed by atoms with Gasteiger partial charge in [-0.15, -0.1) is 0 Å². The third-order valence-corrected chi connectivity index (χ3v) is 12.5. The maximum Gasteiger partial charge on any atom is 0.140 e. The van der Waals surface area contributed by atoms with E-state index in [1.807, 2.05) is 0 Å². The van der Waals surface area contributed by atoms with Crippen molar-refractivity contribution in [2.75, 3.05) is 0 Å². The van der Waals surface area contributed by atoms with Crippen molar-refractivity contribution in [3.8, 4) is 11.4 Å². The van der Waals surface area contributed by atoms with Crippen LogP contribution in [0.1, 0.15) is 26.3 Å². The summed E-state index contributed by atoms with van der Waals surface area (Å²) in [5.41, 5.74) is 11.6. The standard InChI is InChI=1S/C54H36N2O2/c1-54(2,3)52-51-43-27-32-21-23-36(56-46-18-10-6-14-39(46)40-15-7-11-19-47(40)56)25-34(32)29-49(43)57-50(51)30-42-41-26-31-20-22-35(24-33(31)28-48(41)58-53(42)52)55-44-16-8-4-12-37(44)38-13-5-9-17-45(38)55/h4-30H,1-3H3. The average molecular weight is 745 g/mol. The van der Waals surface area contributed by atoms with E-state index in [-0.39, 0.29) is 5.41 Å². The van der Waals surface area contributed by atoms with Crippen LogP contribution in [0, 0.1) is 0 Å². The van der Waals surface area contributed by atoms with Gasteiger partial charge in [-0.2, -0.15) is 0 Å². The lowest BCUT2D eigenvalue weighted by Gasteiger charge is -2.20. The third kappa shape index (κ3) is 4.29. The van der Waals surface area contributed by atoms with E-state index in [0.717, 1.165) is 66.0 Å². The van der Waals surface area contributed by atoms with E-state index in [2.05, 4.69) is 194 Å². The van der Waals surface area contributed by atoms with Crippen molar-refractivity contribution < 1.29 is 8.83 Å². The van der Waals surface area contributed by atoms with Crippen LogP contribution in [0.2, 0.25) is 0 Å². The van der Waals surface area contributed by atoms with Gasteiger partial charge in [-0.1, -0.05) is 106 Å². The summed E-state index contributed by atoms with van der Waals surface area (Å²) < 4.78 is 18.6. The Morgan fingerprint density at radius 2 is 0.810 bits per heavy atom. The van der Waals surface area contributed by atoms with Gasteiger partial charge in [-0.25, -0.2) is 0 Å². The first-order valence-corrected chi connectivity index (χ1v) is 20.1. The molecular formula is C54H36N2O2. The zero-order valence-electron chi connectivity index (χ0n) is 32.3. The fourth-order valence-electron chi connectivity index (χ4n) is 10.0. The molecule has 4 heteroatoms. The van der Waals surface area contributed by atoms with Gasteiger partial charge < -0.3 is 18.0 Å². The molecule has 0 N–H and O–H groups in total. The van der Waals surface area contributed by atoms with Crippen LogP contribution in [-0.4, -0.2) is 9.13 Å². The molecule has 0 radical (unpaired) electrons. The molecule has 0 bridgehead atoms. The molecule has 274 valence electrons.